The van der Waals surface area contributed by atoms with Gasteiger partial charge in [-0.25, -0.2) is 0 Å². The third-order valence-corrected chi connectivity index (χ3v) is 6.49. The molecule has 31 heavy (non-hydrogen) atoms. The molecular weight excluding hydrogens is 404 g/mol. The first-order chi connectivity index (χ1) is 15.1. The molecule has 2 aromatic heterocycles. The van der Waals surface area contributed by atoms with E-state index in [9.17, 15) is 0 Å². The van der Waals surface area contributed by atoms with Crippen molar-refractivity contribution in [2.24, 2.45) is 0 Å². The van der Waals surface area contributed by atoms with Gasteiger partial charge in [0.25, 0.3) is 0 Å². The first-order valence-electron chi connectivity index (χ1n) is 10.8. The van der Waals surface area contributed by atoms with E-state index >= 15 is 0 Å². The van der Waals surface area contributed by atoms with Gasteiger partial charge >= 0.3 is 0 Å². The van der Waals surface area contributed by atoms with Crippen LogP contribution in [-0.4, -0.2) is 39.8 Å². The van der Waals surface area contributed by atoms with Crippen molar-refractivity contribution in [2.75, 3.05) is 20.3 Å². The Morgan fingerprint density at radius 2 is 1.90 bits per heavy atom. The van der Waals surface area contributed by atoms with Crippen molar-refractivity contribution in [3.05, 3.63) is 82.9 Å². The van der Waals surface area contributed by atoms with Crippen LogP contribution in [0, 0.1) is 13.8 Å². The summed E-state index contributed by atoms with van der Waals surface area (Å²) in [7, 11) is 1.73. The van der Waals surface area contributed by atoms with Crippen molar-refractivity contribution in [2.45, 2.75) is 39.3 Å². The first-order valence-corrected chi connectivity index (χ1v) is 11.2. The van der Waals surface area contributed by atoms with E-state index < -0.39 is 0 Å². The lowest BCUT2D eigenvalue weighted by atomic mass is 9.97. The number of nitrogens with one attached hydrogen (secondary N) is 1. The number of hydrogen-bond acceptors (Lipinski definition) is 3. The maximum absolute atomic E-state index is 5.75. The lowest BCUT2D eigenvalue weighted by Gasteiger charge is -2.28. The summed E-state index contributed by atoms with van der Waals surface area (Å²) in [6.45, 7) is 7.94. The third-order valence-electron chi connectivity index (χ3n) is 6.14. The molecule has 1 aromatic carbocycles. The molecule has 0 bridgehead atoms. The van der Waals surface area contributed by atoms with Crippen molar-refractivity contribution in [3.63, 3.8) is 0 Å². The SMILES string of the molecule is CCc1ccccc1-n1c(C)cc([C@@H]2[C@H](c3ccccn3)NC(=S)N2CCOC)c1C. The van der Waals surface area contributed by atoms with Gasteiger partial charge in [0.2, 0.25) is 0 Å². The summed E-state index contributed by atoms with van der Waals surface area (Å²) in [6.07, 6.45) is 2.84. The van der Waals surface area contributed by atoms with Crippen molar-refractivity contribution in [3.8, 4) is 5.69 Å². The molecule has 0 aliphatic carbocycles. The predicted molar refractivity (Wildman–Crippen MR) is 129 cm³/mol. The standard InChI is InChI=1S/C25H30N4OS/c1-5-19-10-6-7-12-22(19)29-17(2)16-20(18(29)3)24-23(21-11-8-9-13-26-21)27-25(31)28(24)14-15-30-4/h6-13,16,23-24H,5,14-15H2,1-4H3,(H,27,31)/t23-,24+/m0/s1. The molecular formula is C25H30N4OS. The van der Waals surface area contributed by atoms with E-state index in [1.165, 1.54) is 28.2 Å². The summed E-state index contributed by atoms with van der Waals surface area (Å²) in [4.78, 5) is 6.89. The normalized spacial score (nSPS) is 18.5. The maximum Gasteiger partial charge on any atom is 0.170 e. The van der Waals surface area contributed by atoms with E-state index in [2.05, 4.69) is 76.9 Å². The Labute approximate surface area is 190 Å². The second-order valence-electron chi connectivity index (χ2n) is 7.96. The fourth-order valence-corrected chi connectivity index (χ4v) is 4.99. The summed E-state index contributed by atoms with van der Waals surface area (Å²) >= 11 is 5.75. The molecule has 5 nitrogen and oxygen atoms in total. The number of nitrogens with zero attached hydrogens (tertiary/aromatic N) is 3. The molecule has 4 rings (SSSR count). The summed E-state index contributed by atoms with van der Waals surface area (Å²) in [5, 5.41) is 4.27. The van der Waals surface area contributed by atoms with Gasteiger partial charge in [-0.3, -0.25) is 4.98 Å². The number of aryl methyl sites for hydroxylation is 2. The number of hydrogen-bond donors (Lipinski definition) is 1. The predicted octanol–water partition coefficient (Wildman–Crippen LogP) is 4.67. The highest BCUT2D eigenvalue weighted by molar-refractivity contribution is 7.80. The van der Waals surface area contributed by atoms with E-state index in [0.717, 1.165) is 23.8 Å². The van der Waals surface area contributed by atoms with Gasteiger partial charge in [-0.05, 0) is 67.9 Å². The van der Waals surface area contributed by atoms with Gasteiger partial charge in [-0.15, -0.1) is 0 Å². The lowest BCUT2D eigenvalue weighted by Crippen LogP contribution is -2.32. The summed E-state index contributed by atoms with van der Waals surface area (Å²) < 4.78 is 7.76. The molecule has 0 spiro atoms. The molecule has 1 saturated heterocycles. The van der Waals surface area contributed by atoms with Crippen LogP contribution >= 0.6 is 12.2 Å². The Morgan fingerprint density at radius 1 is 1.13 bits per heavy atom. The van der Waals surface area contributed by atoms with E-state index in [0.29, 0.717) is 6.61 Å². The second kappa shape index (κ2) is 9.20. The van der Waals surface area contributed by atoms with Crippen LogP contribution in [0.3, 0.4) is 0 Å². The molecule has 3 aromatic rings. The highest BCUT2D eigenvalue weighted by Gasteiger charge is 2.41. The van der Waals surface area contributed by atoms with Crippen molar-refractivity contribution >= 4 is 17.3 Å². The molecule has 2 atom stereocenters. The smallest absolute Gasteiger partial charge is 0.170 e. The van der Waals surface area contributed by atoms with Gasteiger partial charge in [-0.2, -0.15) is 0 Å². The van der Waals surface area contributed by atoms with E-state index in [1.807, 2.05) is 18.3 Å². The Kier molecular flexibility index (Phi) is 6.39. The zero-order valence-corrected chi connectivity index (χ0v) is 19.4. The molecule has 0 radical (unpaired) electrons. The van der Waals surface area contributed by atoms with Crippen molar-refractivity contribution < 1.29 is 4.74 Å². The van der Waals surface area contributed by atoms with Gasteiger partial charge in [-0.1, -0.05) is 31.2 Å². The van der Waals surface area contributed by atoms with Crippen molar-refractivity contribution in [1.82, 2.24) is 19.8 Å². The molecule has 1 aliphatic rings. The second-order valence-corrected chi connectivity index (χ2v) is 8.34. The molecule has 1 aliphatic heterocycles. The number of rotatable bonds is 7. The van der Waals surface area contributed by atoms with Crippen LogP contribution in [0.1, 0.15) is 47.2 Å². The highest BCUT2D eigenvalue weighted by Crippen LogP contribution is 2.41. The van der Waals surface area contributed by atoms with Crippen LogP contribution in [0.4, 0.5) is 0 Å². The first kappa shape index (κ1) is 21.5. The lowest BCUT2D eigenvalue weighted by molar-refractivity contribution is 0.164. The van der Waals surface area contributed by atoms with Crippen LogP contribution < -0.4 is 5.32 Å². The minimum atomic E-state index is -0.0130. The summed E-state index contributed by atoms with van der Waals surface area (Å²) in [5.74, 6) is 0. The fourth-order valence-electron chi connectivity index (χ4n) is 4.66. The monoisotopic (exact) mass is 434 g/mol. The van der Waals surface area contributed by atoms with Gasteiger partial charge in [0.1, 0.15) is 0 Å². The third kappa shape index (κ3) is 3.98. The Hall–Kier alpha value is -2.70. The quantitative estimate of drug-likeness (QED) is 0.548. The topological polar surface area (TPSA) is 42.3 Å². The van der Waals surface area contributed by atoms with Crippen LogP contribution in [0.15, 0.2) is 54.7 Å². The van der Waals surface area contributed by atoms with Crippen LogP contribution in [0.25, 0.3) is 5.69 Å². The highest BCUT2D eigenvalue weighted by atomic mass is 32.1. The zero-order chi connectivity index (χ0) is 22.0. The minimum absolute atomic E-state index is 0.0130. The van der Waals surface area contributed by atoms with E-state index in [4.69, 9.17) is 17.0 Å². The molecule has 3 heterocycles. The van der Waals surface area contributed by atoms with Crippen LogP contribution in [0.2, 0.25) is 0 Å². The fraction of sp³-hybridized carbons (Fsp3) is 0.360. The number of para-hydroxylation sites is 1. The molecule has 0 unspecified atom stereocenters. The van der Waals surface area contributed by atoms with Gasteiger partial charge in [0.05, 0.1) is 24.4 Å². The van der Waals surface area contributed by atoms with Gasteiger partial charge in [0.15, 0.2) is 5.11 Å². The molecule has 162 valence electrons. The number of thiocarbonyl (C=S) groups is 1. The number of pyridine rings is 1. The van der Waals surface area contributed by atoms with Gasteiger partial charge in [0, 0.05) is 36.9 Å². The summed E-state index contributed by atoms with van der Waals surface area (Å²) in [6, 6.07) is 17.0. The number of methoxy groups -OCH3 is 1. The zero-order valence-electron chi connectivity index (χ0n) is 18.6. The number of aromatic nitrogens is 2. The average molecular weight is 435 g/mol. The van der Waals surface area contributed by atoms with E-state index in [1.54, 1.807) is 7.11 Å². The number of ether oxygens (including phenoxy) is 1. The number of benzene rings is 1. The average Bonchev–Trinajstić information content (AvgIpc) is 3.27. The Bertz CT molecular complexity index is 1060. The molecule has 0 saturated carbocycles. The van der Waals surface area contributed by atoms with Crippen LogP contribution in [0.5, 0.6) is 0 Å². The minimum Gasteiger partial charge on any atom is -0.383 e. The summed E-state index contributed by atoms with van der Waals surface area (Å²) in [5.41, 5.74) is 7.30. The molecule has 6 heteroatoms. The Balaban J connectivity index is 1.83. The van der Waals surface area contributed by atoms with Crippen LogP contribution in [-0.2, 0) is 11.2 Å². The molecule has 1 fully saturated rings. The van der Waals surface area contributed by atoms with Gasteiger partial charge < -0.3 is 19.5 Å². The molecule has 1 N–H and O–H groups in total. The Morgan fingerprint density at radius 3 is 2.61 bits per heavy atom. The van der Waals surface area contributed by atoms with E-state index in [-0.39, 0.29) is 12.1 Å². The molecule has 0 amide bonds. The maximum atomic E-state index is 5.75. The largest absolute Gasteiger partial charge is 0.383 e. The van der Waals surface area contributed by atoms with Crippen molar-refractivity contribution in [1.29, 1.82) is 0 Å².